The van der Waals surface area contributed by atoms with Gasteiger partial charge in [-0.3, -0.25) is 9.71 Å². The first kappa shape index (κ1) is 20.0. The molecule has 0 bridgehead atoms. The molecule has 0 saturated heterocycles. The van der Waals surface area contributed by atoms with Crippen molar-refractivity contribution in [1.82, 2.24) is 0 Å². The van der Waals surface area contributed by atoms with Crippen LogP contribution in [0.1, 0.15) is 11.1 Å². The molecule has 29 heavy (non-hydrogen) atoms. The van der Waals surface area contributed by atoms with Gasteiger partial charge in [0.15, 0.2) is 11.6 Å². The molecule has 0 aliphatic carbocycles. The third-order valence-electron chi connectivity index (χ3n) is 3.79. The summed E-state index contributed by atoms with van der Waals surface area (Å²) in [5.74, 6) is -3.01. The first-order valence-electron chi connectivity index (χ1n) is 8.13. The molecule has 6 nitrogen and oxygen atoms in total. The Hall–Kier alpha value is -3.77. The number of benzene rings is 3. The Bertz CT molecular complexity index is 1230. The molecule has 0 heterocycles. The van der Waals surface area contributed by atoms with Crippen LogP contribution in [0, 0.1) is 23.0 Å². The number of nitrogens with zero attached hydrogens (tertiary/aromatic N) is 2. The standard InChI is InChI=1S/C20H13F2N3O3S/c21-18-9-8-17(11-19(18)22)29(27,28)25-15-6-4-14(5-7-15)20(26)24-16-3-1-2-13(10-16)12-23/h1-11,25H,(H,24,26)/p-1. The van der Waals surface area contributed by atoms with Crippen molar-refractivity contribution in [1.29, 1.82) is 5.26 Å². The zero-order valence-corrected chi connectivity index (χ0v) is 15.5. The van der Waals surface area contributed by atoms with E-state index in [-0.39, 0.29) is 11.3 Å². The molecule has 0 unspecified atom stereocenters. The molecule has 3 aromatic carbocycles. The number of anilines is 1. The molecule has 3 aromatic rings. The zero-order valence-electron chi connectivity index (χ0n) is 14.6. The minimum Gasteiger partial charge on any atom is -0.858 e. The topological polar surface area (TPSA) is 105 Å². The van der Waals surface area contributed by atoms with Crippen molar-refractivity contribution in [3.63, 3.8) is 0 Å². The van der Waals surface area contributed by atoms with Crippen LogP contribution < -0.4 is 9.83 Å². The van der Waals surface area contributed by atoms with Crippen LogP contribution in [0.25, 0.3) is 0 Å². The Morgan fingerprint density at radius 2 is 1.72 bits per heavy atom. The Labute approximate surface area is 165 Å². The predicted octanol–water partition coefficient (Wildman–Crippen LogP) is 3.08. The van der Waals surface area contributed by atoms with E-state index in [4.69, 9.17) is 5.26 Å². The highest BCUT2D eigenvalue weighted by Gasteiger charge is 2.16. The van der Waals surface area contributed by atoms with E-state index in [2.05, 4.69) is 9.71 Å². The maximum Gasteiger partial charge on any atom is 0.261 e. The summed E-state index contributed by atoms with van der Waals surface area (Å²) < 4.78 is 53.0. The van der Waals surface area contributed by atoms with Crippen LogP contribution in [0.2, 0.25) is 0 Å². The average Bonchev–Trinajstić information content (AvgIpc) is 2.70. The summed E-state index contributed by atoms with van der Waals surface area (Å²) in [6.07, 6.45) is 0. The Morgan fingerprint density at radius 1 is 1.00 bits per heavy atom. The number of aliphatic imine (C=N–C) groups is 1. The molecule has 146 valence electrons. The minimum absolute atomic E-state index is 0.123. The molecular formula is C20H12F2N3O3S-. The third kappa shape index (κ3) is 4.75. The summed E-state index contributed by atoms with van der Waals surface area (Å²) in [6, 6.07) is 15.8. The van der Waals surface area contributed by atoms with Crippen LogP contribution in [0.4, 0.5) is 20.2 Å². The summed E-state index contributed by atoms with van der Waals surface area (Å²) in [6.45, 7) is 0. The summed E-state index contributed by atoms with van der Waals surface area (Å²) in [7, 11) is -4.14. The molecule has 0 saturated carbocycles. The molecule has 0 amide bonds. The van der Waals surface area contributed by atoms with Crippen molar-refractivity contribution in [2.45, 2.75) is 4.90 Å². The van der Waals surface area contributed by atoms with Gasteiger partial charge in [0.05, 0.1) is 22.2 Å². The largest absolute Gasteiger partial charge is 0.858 e. The highest BCUT2D eigenvalue weighted by Crippen LogP contribution is 2.20. The molecule has 0 spiro atoms. The van der Waals surface area contributed by atoms with Crippen LogP contribution in [0.5, 0.6) is 0 Å². The molecule has 1 N–H and O–H groups in total. The van der Waals surface area contributed by atoms with E-state index in [1.807, 2.05) is 6.07 Å². The van der Waals surface area contributed by atoms with E-state index in [1.165, 1.54) is 30.3 Å². The highest BCUT2D eigenvalue weighted by atomic mass is 32.2. The summed E-state index contributed by atoms with van der Waals surface area (Å²) in [5.41, 5.74) is 0.999. The van der Waals surface area contributed by atoms with Crippen molar-refractivity contribution in [3.05, 3.63) is 89.5 Å². The second kappa shape index (κ2) is 8.08. The second-order valence-electron chi connectivity index (χ2n) is 5.84. The van der Waals surface area contributed by atoms with E-state index >= 15 is 0 Å². The molecule has 3 rings (SSSR count). The van der Waals surface area contributed by atoms with Crippen LogP contribution >= 0.6 is 0 Å². The third-order valence-corrected chi connectivity index (χ3v) is 5.17. The first-order chi connectivity index (χ1) is 13.8. The van der Waals surface area contributed by atoms with Crippen molar-refractivity contribution >= 4 is 27.3 Å². The van der Waals surface area contributed by atoms with Crippen molar-refractivity contribution in [2.75, 3.05) is 4.72 Å². The zero-order chi connectivity index (χ0) is 21.0. The van der Waals surface area contributed by atoms with Gasteiger partial charge in [0.25, 0.3) is 10.0 Å². The van der Waals surface area contributed by atoms with E-state index in [1.54, 1.807) is 18.2 Å². The maximum atomic E-state index is 13.3. The average molecular weight is 412 g/mol. The monoisotopic (exact) mass is 412 g/mol. The first-order valence-corrected chi connectivity index (χ1v) is 9.61. The molecule has 0 aliphatic heterocycles. The lowest BCUT2D eigenvalue weighted by Gasteiger charge is -2.13. The molecule has 0 aromatic heterocycles. The lowest BCUT2D eigenvalue weighted by Crippen LogP contribution is -2.18. The number of halogens is 2. The van der Waals surface area contributed by atoms with Gasteiger partial charge in [0.1, 0.15) is 0 Å². The van der Waals surface area contributed by atoms with Gasteiger partial charge in [-0.2, -0.15) is 5.26 Å². The Morgan fingerprint density at radius 3 is 2.38 bits per heavy atom. The van der Waals surface area contributed by atoms with E-state index in [9.17, 15) is 22.3 Å². The molecule has 9 heteroatoms. The van der Waals surface area contributed by atoms with Crippen LogP contribution in [-0.2, 0) is 10.0 Å². The number of nitriles is 1. The molecule has 0 atom stereocenters. The fraction of sp³-hybridized carbons (Fsp3) is 0. The Kier molecular flexibility index (Phi) is 5.57. The predicted molar refractivity (Wildman–Crippen MR) is 101 cm³/mol. The number of hydrogen-bond donors (Lipinski definition) is 1. The fourth-order valence-corrected chi connectivity index (χ4v) is 3.44. The lowest BCUT2D eigenvalue weighted by molar-refractivity contribution is -0.212. The van der Waals surface area contributed by atoms with Gasteiger partial charge in [-0.1, -0.05) is 18.2 Å². The van der Waals surface area contributed by atoms with Gasteiger partial charge in [-0.25, -0.2) is 17.2 Å². The smallest absolute Gasteiger partial charge is 0.261 e. The molecular weight excluding hydrogens is 400 g/mol. The summed E-state index contributed by atoms with van der Waals surface area (Å²) in [4.78, 5) is 3.46. The van der Waals surface area contributed by atoms with E-state index < -0.39 is 32.5 Å². The van der Waals surface area contributed by atoms with Crippen LogP contribution in [-0.4, -0.2) is 14.3 Å². The quantitative estimate of drug-likeness (QED) is 0.513. The highest BCUT2D eigenvalue weighted by molar-refractivity contribution is 7.92. The van der Waals surface area contributed by atoms with Crippen molar-refractivity contribution in [3.8, 4) is 6.07 Å². The van der Waals surface area contributed by atoms with E-state index in [0.29, 0.717) is 23.4 Å². The van der Waals surface area contributed by atoms with Gasteiger partial charge in [-0.05, 0) is 60.0 Å². The maximum absolute atomic E-state index is 13.3. The summed E-state index contributed by atoms with van der Waals surface area (Å²) >= 11 is 0. The van der Waals surface area contributed by atoms with Crippen LogP contribution in [0.15, 0.2) is 76.6 Å². The molecule has 0 aliphatic rings. The SMILES string of the molecule is N#Cc1cccc(N=C([O-])c2ccc(NS(=O)(=O)c3ccc(F)c(F)c3)cc2)c1. The Balaban J connectivity index is 1.80. The number of sulfonamides is 1. The normalized spacial score (nSPS) is 11.7. The minimum atomic E-state index is -4.14. The lowest BCUT2D eigenvalue weighted by atomic mass is 10.2. The number of rotatable bonds is 5. The van der Waals surface area contributed by atoms with Gasteiger partial charge < -0.3 is 5.11 Å². The summed E-state index contributed by atoms with van der Waals surface area (Å²) in [5, 5.41) is 21.1. The van der Waals surface area contributed by atoms with Crippen molar-refractivity contribution in [2.24, 2.45) is 4.99 Å². The number of nitrogens with one attached hydrogen (secondary N) is 1. The van der Waals surface area contributed by atoms with Gasteiger partial charge in [0.2, 0.25) is 0 Å². The van der Waals surface area contributed by atoms with Gasteiger partial charge in [0, 0.05) is 5.69 Å². The second-order valence-corrected chi connectivity index (χ2v) is 7.52. The molecule has 0 radical (unpaired) electrons. The van der Waals surface area contributed by atoms with Crippen LogP contribution in [0.3, 0.4) is 0 Å². The van der Waals surface area contributed by atoms with E-state index in [0.717, 1.165) is 6.07 Å². The van der Waals surface area contributed by atoms with Crippen molar-refractivity contribution < 1.29 is 22.3 Å². The number of hydrogen-bond acceptors (Lipinski definition) is 5. The molecule has 0 fully saturated rings. The fourth-order valence-electron chi connectivity index (χ4n) is 2.37. The van der Waals surface area contributed by atoms with Gasteiger partial charge >= 0.3 is 0 Å². The van der Waals surface area contributed by atoms with Gasteiger partial charge in [-0.15, -0.1) is 0 Å².